The molecule has 1 rings (SSSR count). The Balaban J connectivity index is 3.45. The van der Waals surface area contributed by atoms with Gasteiger partial charge in [-0.1, -0.05) is 0 Å². The van der Waals surface area contributed by atoms with Crippen molar-refractivity contribution in [1.29, 1.82) is 0 Å². The maximum absolute atomic E-state index is 11.2. The molecule has 0 aromatic heterocycles. The average Bonchev–Trinajstić information content (AvgIpc) is 2.44. The number of aliphatic imine (C=N–C) groups is 1. The van der Waals surface area contributed by atoms with Crippen molar-refractivity contribution in [1.82, 2.24) is 0 Å². The number of carboxylic acids is 1. The minimum Gasteiger partial charge on any atom is -0.539 e. The lowest BCUT2D eigenvalue weighted by Gasteiger charge is -2.52. The van der Waals surface area contributed by atoms with E-state index >= 15 is 0 Å². The molecule has 0 spiro atoms. The fourth-order valence-electron chi connectivity index (χ4n) is 2.65. The van der Waals surface area contributed by atoms with E-state index in [1.54, 1.807) is 6.20 Å². The highest BCUT2D eigenvalue weighted by Crippen LogP contribution is 2.39. The summed E-state index contributed by atoms with van der Waals surface area (Å²) in [6, 6.07) is 0. The third-order valence-corrected chi connectivity index (χ3v) is 3.12. The van der Waals surface area contributed by atoms with E-state index < -0.39 is 5.97 Å². The number of amidine groups is 1. The standard InChI is InChI=1S/C12H20N2O2/c1-11(2,3)14(12(4,5)6)8-7-13-9(14)10(15)16/h7-8H,1-6H3. The van der Waals surface area contributed by atoms with E-state index in [2.05, 4.69) is 4.99 Å². The lowest BCUT2D eigenvalue weighted by atomic mass is 9.90. The fraction of sp³-hybridized carbons (Fsp3) is 0.667. The van der Waals surface area contributed by atoms with Crippen molar-refractivity contribution in [2.24, 2.45) is 4.99 Å². The molecular formula is C12H20N2O2. The molecule has 16 heavy (non-hydrogen) atoms. The van der Waals surface area contributed by atoms with E-state index in [0.29, 0.717) is 0 Å². The van der Waals surface area contributed by atoms with Crippen LogP contribution in [0, 0.1) is 0 Å². The Bertz CT molecular complexity index is 353. The molecule has 0 saturated heterocycles. The molecule has 0 bridgehead atoms. The number of aliphatic carboxylic acids is 1. The van der Waals surface area contributed by atoms with Crippen molar-refractivity contribution >= 4 is 11.8 Å². The van der Waals surface area contributed by atoms with E-state index in [4.69, 9.17) is 0 Å². The van der Waals surface area contributed by atoms with Crippen LogP contribution in [0.4, 0.5) is 0 Å². The summed E-state index contributed by atoms with van der Waals surface area (Å²) in [4.78, 5) is 15.2. The van der Waals surface area contributed by atoms with Crippen molar-refractivity contribution in [2.75, 3.05) is 0 Å². The molecule has 4 heteroatoms. The first-order valence-electron chi connectivity index (χ1n) is 5.40. The number of hydrogen-bond acceptors (Lipinski definition) is 3. The van der Waals surface area contributed by atoms with Gasteiger partial charge in [-0.15, -0.1) is 0 Å². The zero-order valence-electron chi connectivity index (χ0n) is 10.9. The molecule has 0 amide bonds. The highest BCUT2D eigenvalue weighted by molar-refractivity contribution is 6.31. The van der Waals surface area contributed by atoms with Crippen LogP contribution in [0.25, 0.3) is 0 Å². The Morgan fingerprint density at radius 2 is 1.62 bits per heavy atom. The summed E-state index contributed by atoms with van der Waals surface area (Å²) in [5.74, 6) is -1.12. The summed E-state index contributed by atoms with van der Waals surface area (Å²) < 4.78 is 0.197. The van der Waals surface area contributed by atoms with Gasteiger partial charge < -0.3 is 9.90 Å². The Hall–Kier alpha value is -1.16. The molecule has 90 valence electrons. The van der Waals surface area contributed by atoms with Gasteiger partial charge in [-0.25, -0.2) is 4.48 Å². The van der Waals surface area contributed by atoms with Crippen LogP contribution in [0.1, 0.15) is 41.5 Å². The minimum atomic E-state index is -1.20. The van der Waals surface area contributed by atoms with Crippen LogP contribution in [0.5, 0.6) is 0 Å². The van der Waals surface area contributed by atoms with Gasteiger partial charge in [0.15, 0.2) is 0 Å². The quantitative estimate of drug-likeness (QED) is 0.625. The van der Waals surface area contributed by atoms with Crippen LogP contribution in [-0.4, -0.2) is 27.4 Å². The van der Waals surface area contributed by atoms with Crippen LogP contribution in [0.2, 0.25) is 0 Å². The van der Waals surface area contributed by atoms with Crippen molar-refractivity contribution in [3.8, 4) is 0 Å². The molecule has 0 radical (unpaired) electrons. The van der Waals surface area contributed by atoms with Crippen LogP contribution < -0.4 is 5.11 Å². The molecule has 0 aromatic carbocycles. The summed E-state index contributed by atoms with van der Waals surface area (Å²) in [5.41, 5.74) is -0.575. The zero-order valence-corrected chi connectivity index (χ0v) is 10.9. The molecule has 0 aromatic rings. The smallest absolute Gasteiger partial charge is 0.256 e. The number of carbonyl (C=O) groups excluding carboxylic acids is 1. The number of nitrogens with zero attached hydrogens (tertiary/aromatic N) is 2. The molecule has 0 unspecified atom stereocenters. The predicted octanol–water partition coefficient (Wildman–Crippen LogP) is 1.03. The largest absolute Gasteiger partial charge is 0.539 e. The highest BCUT2D eigenvalue weighted by Gasteiger charge is 2.54. The SMILES string of the molecule is CC(C)(C)[N+]1(C(C)(C)C)C=CN=C1C(=O)[O-]. The maximum atomic E-state index is 11.2. The topological polar surface area (TPSA) is 52.5 Å². The van der Waals surface area contributed by atoms with Crippen molar-refractivity contribution in [3.05, 3.63) is 12.4 Å². The second kappa shape index (κ2) is 3.42. The molecule has 1 heterocycles. The minimum absolute atomic E-state index is 0.0833. The van der Waals surface area contributed by atoms with Crippen LogP contribution in [0.3, 0.4) is 0 Å². The molecule has 0 atom stereocenters. The summed E-state index contributed by atoms with van der Waals surface area (Å²) in [6.45, 7) is 12.0. The van der Waals surface area contributed by atoms with E-state index in [0.717, 1.165) is 0 Å². The normalized spacial score (nSPS) is 19.8. The van der Waals surface area contributed by atoms with Gasteiger partial charge in [0, 0.05) is 0 Å². The summed E-state index contributed by atoms with van der Waals surface area (Å²) in [6.07, 6.45) is 3.40. The van der Waals surface area contributed by atoms with Crippen LogP contribution in [-0.2, 0) is 4.79 Å². The Kier molecular flexibility index (Phi) is 2.76. The van der Waals surface area contributed by atoms with Crippen LogP contribution in [0.15, 0.2) is 17.4 Å². The zero-order chi connectivity index (χ0) is 12.8. The van der Waals surface area contributed by atoms with Gasteiger partial charge in [0.05, 0.1) is 6.20 Å². The molecule has 0 N–H and O–H groups in total. The van der Waals surface area contributed by atoms with E-state index in [1.807, 2.05) is 47.7 Å². The van der Waals surface area contributed by atoms with Gasteiger partial charge in [0.25, 0.3) is 5.84 Å². The molecular weight excluding hydrogens is 204 g/mol. The molecule has 1 aliphatic rings. The molecule has 0 aliphatic carbocycles. The monoisotopic (exact) mass is 224 g/mol. The molecule has 4 nitrogen and oxygen atoms in total. The average molecular weight is 224 g/mol. The highest BCUT2D eigenvalue weighted by atomic mass is 16.4. The summed E-state index contributed by atoms with van der Waals surface area (Å²) in [7, 11) is 0. The Morgan fingerprint density at radius 3 is 1.88 bits per heavy atom. The second-order valence-electron chi connectivity index (χ2n) is 6.10. The third-order valence-electron chi connectivity index (χ3n) is 3.12. The Labute approximate surface area is 96.9 Å². The molecule has 1 aliphatic heterocycles. The predicted molar refractivity (Wildman–Crippen MR) is 61.3 cm³/mol. The first-order chi connectivity index (χ1) is 7.04. The van der Waals surface area contributed by atoms with Crippen LogP contribution >= 0.6 is 0 Å². The van der Waals surface area contributed by atoms with Gasteiger partial charge in [-0.05, 0) is 41.5 Å². The van der Waals surface area contributed by atoms with E-state index in [-0.39, 0.29) is 21.4 Å². The van der Waals surface area contributed by atoms with Crippen molar-refractivity contribution < 1.29 is 14.4 Å². The third kappa shape index (κ3) is 1.57. The second-order valence-corrected chi connectivity index (χ2v) is 6.10. The number of carboxylic acid groups (broad SMARTS) is 1. The molecule has 0 fully saturated rings. The van der Waals surface area contributed by atoms with Gasteiger partial charge in [0.1, 0.15) is 23.2 Å². The fourth-order valence-corrected chi connectivity index (χ4v) is 2.65. The van der Waals surface area contributed by atoms with E-state index in [9.17, 15) is 9.90 Å². The first-order valence-corrected chi connectivity index (χ1v) is 5.40. The van der Waals surface area contributed by atoms with Gasteiger partial charge in [-0.2, -0.15) is 4.99 Å². The molecule has 0 saturated carbocycles. The maximum Gasteiger partial charge on any atom is 0.256 e. The van der Waals surface area contributed by atoms with Crippen molar-refractivity contribution in [3.63, 3.8) is 0 Å². The first kappa shape index (κ1) is 12.9. The summed E-state index contributed by atoms with van der Waals surface area (Å²) >= 11 is 0. The van der Waals surface area contributed by atoms with E-state index in [1.165, 1.54) is 0 Å². The lowest BCUT2D eigenvalue weighted by Crippen LogP contribution is -2.70. The number of hydrogen-bond donors (Lipinski definition) is 0. The van der Waals surface area contributed by atoms with Crippen molar-refractivity contribution in [2.45, 2.75) is 52.6 Å². The summed E-state index contributed by atoms with van der Waals surface area (Å²) in [5, 5.41) is 11.2. The lowest BCUT2D eigenvalue weighted by molar-refractivity contribution is -0.884. The van der Waals surface area contributed by atoms with Gasteiger partial charge in [-0.3, -0.25) is 0 Å². The van der Waals surface area contributed by atoms with Gasteiger partial charge in [0.2, 0.25) is 0 Å². The Morgan fingerprint density at radius 1 is 1.19 bits per heavy atom. The number of carbonyl (C=O) groups is 1. The number of rotatable bonds is 1. The van der Waals surface area contributed by atoms with Gasteiger partial charge >= 0.3 is 0 Å². The number of quaternary nitrogens is 1.